The van der Waals surface area contributed by atoms with Crippen LogP contribution in [0.25, 0.3) is 11.3 Å². The van der Waals surface area contributed by atoms with Crippen LogP contribution in [0, 0.1) is 0 Å². The highest BCUT2D eigenvalue weighted by molar-refractivity contribution is 6.30. The second kappa shape index (κ2) is 8.85. The molecule has 0 saturated carbocycles. The number of nitrogens with zero attached hydrogens (tertiary/aromatic N) is 4. The van der Waals surface area contributed by atoms with Crippen molar-refractivity contribution in [3.63, 3.8) is 0 Å². The Morgan fingerprint density at radius 2 is 1.90 bits per heavy atom. The number of rotatable bonds is 4. The molecule has 4 rings (SSSR count). The van der Waals surface area contributed by atoms with Crippen LogP contribution in [0.1, 0.15) is 49.3 Å². The summed E-state index contributed by atoms with van der Waals surface area (Å²) in [5, 5.41) is 4.64. The maximum Gasteiger partial charge on any atom is 0.276 e. The highest BCUT2D eigenvalue weighted by Crippen LogP contribution is 2.24. The number of amides is 1. The number of aromatic nitrogens is 2. The first-order valence-corrected chi connectivity index (χ1v) is 10.9. The zero-order valence-corrected chi connectivity index (χ0v) is 18.9. The van der Waals surface area contributed by atoms with Crippen molar-refractivity contribution in [1.82, 2.24) is 19.9 Å². The molecule has 164 valence electrons. The minimum absolute atomic E-state index is 0.0598. The van der Waals surface area contributed by atoms with Gasteiger partial charge in [0, 0.05) is 48.2 Å². The number of benzene rings is 1. The molecule has 0 bridgehead atoms. The average Bonchev–Trinajstić information content (AvgIpc) is 3.34. The van der Waals surface area contributed by atoms with E-state index in [1.54, 1.807) is 18.2 Å². The number of halogens is 1. The molecule has 1 aromatic carbocycles. The molecule has 3 aromatic rings. The minimum Gasteiger partial charge on any atom is -0.444 e. The molecular formula is C23H27ClN4O3. The molecule has 1 aliphatic heterocycles. The molecule has 31 heavy (non-hydrogen) atoms. The van der Waals surface area contributed by atoms with E-state index < -0.39 is 0 Å². The van der Waals surface area contributed by atoms with Crippen molar-refractivity contribution in [2.75, 3.05) is 26.2 Å². The van der Waals surface area contributed by atoms with E-state index in [0.717, 1.165) is 30.8 Å². The molecule has 0 N–H and O–H groups in total. The van der Waals surface area contributed by atoms with E-state index in [2.05, 4.69) is 35.8 Å². The molecule has 8 heteroatoms. The van der Waals surface area contributed by atoms with Crippen LogP contribution in [-0.2, 0) is 12.0 Å². The lowest BCUT2D eigenvalue weighted by Gasteiger charge is -2.20. The fraction of sp³-hybridized carbons (Fsp3) is 0.435. The van der Waals surface area contributed by atoms with Crippen molar-refractivity contribution in [2.24, 2.45) is 0 Å². The molecule has 2 aromatic heterocycles. The van der Waals surface area contributed by atoms with Crippen molar-refractivity contribution in [1.29, 1.82) is 0 Å². The van der Waals surface area contributed by atoms with Gasteiger partial charge < -0.3 is 13.8 Å². The second-order valence-electron chi connectivity index (χ2n) is 8.87. The smallest absolute Gasteiger partial charge is 0.276 e. The molecule has 0 spiro atoms. The van der Waals surface area contributed by atoms with Crippen molar-refractivity contribution >= 4 is 17.5 Å². The number of hydrogen-bond acceptors (Lipinski definition) is 6. The van der Waals surface area contributed by atoms with Gasteiger partial charge in [0.2, 0.25) is 5.89 Å². The summed E-state index contributed by atoms with van der Waals surface area (Å²) in [6.45, 7) is 9.89. The molecule has 1 fully saturated rings. The van der Waals surface area contributed by atoms with Crippen LogP contribution in [0.4, 0.5) is 0 Å². The first-order chi connectivity index (χ1) is 14.8. The van der Waals surface area contributed by atoms with E-state index in [1.807, 2.05) is 23.2 Å². The van der Waals surface area contributed by atoms with Gasteiger partial charge in [0.1, 0.15) is 5.76 Å². The van der Waals surface area contributed by atoms with E-state index in [4.69, 9.17) is 20.5 Å². The van der Waals surface area contributed by atoms with Crippen LogP contribution < -0.4 is 0 Å². The van der Waals surface area contributed by atoms with Crippen LogP contribution in [-0.4, -0.2) is 52.0 Å². The molecular weight excluding hydrogens is 416 g/mol. The van der Waals surface area contributed by atoms with Crippen LogP contribution in [0.15, 0.2) is 45.5 Å². The van der Waals surface area contributed by atoms with Gasteiger partial charge in [0.15, 0.2) is 11.5 Å². The van der Waals surface area contributed by atoms with Crippen LogP contribution >= 0.6 is 11.6 Å². The minimum atomic E-state index is -0.114. The lowest BCUT2D eigenvalue weighted by atomic mass is 9.94. The summed E-state index contributed by atoms with van der Waals surface area (Å²) >= 11 is 5.93. The highest BCUT2D eigenvalue weighted by atomic mass is 35.5. The normalized spacial score (nSPS) is 15.8. The Hall–Kier alpha value is -2.64. The van der Waals surface area contributed by atoms with Gasteiger partial charge in [-0.3, -0.25) is 9.69 Å². The predicted molar refractivity (Wildman–Crippen MR) is 118 cm³/mol. The van der Waals surface area contributed by atoms with Crippen molar-refractivity contribution in [3.8, 4) is 11.3 Å². The highest BCUT2D eigenvalue weighted by Gasteiger charge is 2.25. The summed E-state index contributed by atoms with van der Waals surface area (Å²) in [4.78, 5) is 21.5. The van der Waals surface area contributed by atoms with Gasteiger partial charge in [0.05, 0.1) is 12.7 Å². The topological polar surface area (TPSA) is 75.6 Å². The molecule has 0 radical (unpaired) electrons. The Morgan fingerprint density at radius 3 is 2.61 bits per heavy atom. The standard InChI is InChI=1S/C23H27ClN4O3/c1-23(2,3)20-14-25-21(30-20)15-27-9-4-10-28(12-11-27)22(29)18-13-19(31-26-18)16-5-7-17(24)8-6-16/h5-8,13-14H,4,9-12,15H2,1-3H3. The van der Waals surface area contributed by atoms with Crippen molar-refractivity contribution < 1.29 is 13.7 Å². The molecule has 7 nitrogen and oxygen atoms in total. The fourth-order valence-corrected chi connectivity index (χ4v) is 3.67. The average molecular weight is 443 g/mol. The predicted octanol–water partition coefficient (Wildman–Crippen LogP) is 4.63. The summed E-state index contributed by atoms with van der Waals surface area (Å²) in [7, 11) is 0. The van der Waals surface area contributed by atoms with Gasteiger partial charge in [-0.2, -0.15) is 0 Å². The monoisotopic (exact) mass is 442 g/mol. The van der Waals surface area contributed by atoms with E-state index in [1.165, 1.54) is 0 Å². The van der Waals surface area contributed by atoms with Gasteiger partial charge in [0.25, 0.3) is 5.91 Å². The molecule has 1 amide bonds. The third kappa shape index (κ3) is 5.17. The summed E-state index contributed by atoms with van der Waals surface area (Å²) < 4.78 is 11.3. The summed E-state index contributed by atoms with van der Waals surface area (Å²) in [5.41, 5.74) is 1.09. The Labute approximate surface area is 187 Å². The largest absolute Gasteiger partial charge is 0.444 e. The maximum absolute atomic E-state index is 13.0. The maximum atomic E-state index is 13.0. The molecule has 0 atom stereocenters. The van der Waals surface area contributed by atoms with Gasteiger partial charge in [-0.05, 0) is 30.7 Å². The van der Waals surface area contributed by atoms with Crippen LogP contribution in [0.2, 0.25) is 5.02 Å². The quantitative estimate of drug-likeness (QED) is 0.586. The van der Waals surface area contributed by atoms with E-state index in [-0.39, 0.29) is 11.3 Å². The van der Waals surface area contributed by atoms with Gasteiger partial charge >= 0.3 is 0 Å². The Kier molecular flexibility index (Phi) is 6.16. The number of carbonyl (C=O) groups is 1. The van der Waals surface area contributed by atoms with E-state index >= 15 is 0 Å². The SMILES string of the molecule is CC(C)(C)c1cnc(CN2CCCN(C(=O)c3cc(-c4ccc(Cl)cc4)on3)CC2)o1. The molecule has 1 saturated heterocycles. The zero-order chi connectivity index (χ0) is 22.0. The molecule has 0 aliphatic carbocycles. The Bertz CT molecular complexity index is 1040. The molecule has 1 aliphatic rings. The lowest BCUT2D eigenvalue weighted by molar-refractivity contribution is 0.0750. The second-order valence-corrected chi connectivity index (χ2v) is 9.31. The van der Waals surface area contributed by atoms with Crippen LogP contribution in [0.5, 0.6) is 0 Å². The fourth-order valence-electron chi connectivity index (χ4n) is 3.54. The first kappa shape index (κ1) is 21.6. The summed E-state index contributed by atoms with van der Waals surface area (Å²) in [6.07, 6.45) is 2.69. The Balaban J connectivity index is 1.37. The van der Waals surface area contributed by atoms with Crippen LogP contribution in [0.3, 0.4) is 0 Å². The van der Waals surface area contributed by atoms with E-state index in [0.29, 0.717) is 42.0 Å². The molecule has 0 unspecified atom stereocenters. The first-order valence-electron chi connectivity index (χ1n) is 10.5. The molecule has 3 heterocycles. The summed E-state index contributed by atoms with van der Waals surface area (Å²) in [6, 6.07) is 8.93. The number of hydrogen-bond donors (Lipinski definition) is 0. The van der Waals surface area contributed by atoms with Gasteiger partial charge in [-0.15, -0.1) is 0 Å². The number of carbonyl (C=O) groups excluding carboxylic acids is 1. The van der Waals surface area contributed by atoms with E-state index in [9.17, 15) is 4.79 Å². The number of oxazole rings is 1. The van der Waals surface area contributed by atoms with Gasteiger partial charge in [-0.1, -0.05) is 37.5 Å². The van der Waals surface area contributed by atoms with Gasteiger partial charge in [-0.25, -0.2) is 4.98 Å². The Morgan fingerprint density at radius 1 is 1.13 bits per heavy atom. The third-order valence-electron chi connectivity index (χ3n) is 5.39. The lowest BCUT2D eigenvalue weighted by Crippen LogP contribution is -2.35. The zero-order valence-electron chi connectivity index (χ0n) is 18.1. The van der Waals surface area contributed by atoms with Crippen molar-refractivity contribution in [2.45, 2.75) is 39.2 Å². The van der Waals surface area contributed by atoms with Crippen molar-refractivity contribution in [3.05, 3.63) is 58.9 Å². The summed E-state index contributed by atoms with van der Waals surface area (Å²) in [5.74, 6) is 2.04. The third-order valence-corrected chi connectivity index (χ3v) is 5.64.